The van der Waals surface area contributed by atoms with E-state index in [-0.39, 0.29) is 12.0 Å². The van der Waals surface area contributed by atoms with Crippen LogP contribution in [0, 0.1) is 6.92 Å². The van der Waals surface area contributed by atoms with E-state index in [0.29, 0.717) is 24.2 Å². The maximum absolute atomic E-state index is 11.7. The number of hydrogen-bond donors (Lipinski definition) is 2. The second-order valence-corrected chi connectivity index (χ2v) is 4.17. The van der Waals surface area contributed by atoms with Crippen LogP contribution in [0.25, 0.3) is 0 Å². The summed E-state index contributed by atoms with van der Waals surface area (Å²) in [4.78, 5) is 11.7. The van der Waals surface area contributed by atoms with Crippen molar-refractivity contribution in [2.45, 2.75) is 32.8 Å². The van der Waals surface area contributed by atoms with Crippen LogP contribution < -0.4 is 11.1 Å². The van der Waals surface area contributed by atoms with Gasteiger partial charge in [-0.2, -0.15) is 0 Å². The molecule has 94 valence electrons. The van der Waals surface area contributed by atoms with Crippen molar-refractivity contribution in [3.05, 3.63) is 23.8 Å². The number of nitrogen functional groups attached to an aromatic ring is 1. The summed E-state index contributed by atoms with van der Waals surface area (Å²) in [6.07, 6.45) is 1.23. The zero-order chi connectivity index (χ0) is 12.8. The fourth-order valence-electron chi connectivity index (χ4n) is 1.52. The van der Waals surface area contributed by atoms with Crippen molar-refractivity contribution in [3.8, 4) is 0 Å². The molecule has 1 atom stereocenters. The maximum Gasteiger partial charge on any atom is 0.224 e. The molecule has 1 aromatic carbocycles. The summed E-state index contributed by atoms with van der Waals surface area (Å²) >= 11 is 0. The number of nitrogens with one attached hydrogen (secondary N) is 1. The molecule has 1 aromatic rings. The van der Waals surface area contributed by atoms with Gasteiger partial charge < -0.3 is 15.8 Å². The van der Waals surface area contributed by atoms with E-state index in [1.807, 2.05) is 26.0 Å². The van der Waals surface area contributed by atoms with Gasteiger partial charge in [0.2, 0.25) is 5.91 Å². The monoisotopic (exact) mass is 236 g/mol. The molecule has 0 saturated carbocycles. The van der Waals surface area contributed by atoms with Crippen LogP contribution >= 0.6 is 0 Å². The van der Waals surface area contributed by atoms with Gasteiger partial charge in [-0.3, -0.25) is 4.79 Å². The highest BCUT2D eigenvalue weighted by atomic mass is 16.5. The minimum absolute atomic E-state index is 0.0325. The number of benzene rings is 1. The van der Waals surface area contributed by atoms with Crippen molar-refractivity contribution in [1.29, 1.82) is 0 Å². The normalized spacial score (nSPS) is 12.2. The van der Waals surface area contributed by atoms with E-state index in [1.165, 1.54) is 0 Å². The van der Waals surface area contributed by atoms with E-state index < -0.39 is 0 Å². The third kappa shape index (κ3) is 4.07. The lowest BCUT2D eigenvalue weighted by Crippen LogP contribution is -2.16. The predicted molar refractivity (Wildman–Crippen MR) is 69.9 cm³/mol. The molecular formula is C13H20N2O2. The van der Waals surface area contributed by atoms with Crippen molar-refractivity contribution >= 4 is 17.3 Å². The molecule has 0 aliphatic rings. The Labute approximate surface area is 102 Å². The lowest BCUT2D eigenvalue weighted by Gasteiger charge is -2.12. The average molecular weight is 236 g/mol. The van der Waals surface area contributed by atoms with Crippen LogP contribution in [-0.4, -0.2) is 19.1 Å². The molecule has 0 spiro atoms. The quantitative estimate of drug-likeness (QED) is 0.771. The van der Waals surface area contributed by atoms with Crippen LogP contribution in [0.15, 0.2) is 18.2 Å². The smallest absolute Gasteiger partial charge is 0.224 e. The maximum atomic E-state index is 11.7. The van der Waals surface area contributed by atoms with Crippen molar-refractivity contribution in [2.75, 3.05) is 18.2 Å². The summed E-state index contributed by atoms with van der Waals surface area (Å²) in [5.41, 5.74) is 8.09. The Kier molecular flexibility index (Phi) is 4.97. The highest BCUT2D eigenvalue weighted by molar-refractivity contribution is 5.94. The van der Waals surface area contributed by atoms with Crippen LogP contribution in [0.3, 0.4) is 0 Å². The minimum atomic E-state index is -0.0325. The lowest BCUT2D eigenvalue weighted by atomic mass is 10.1. The van der Waals surface area contributed by atoms with E-state index in [2.05, 4.69) is 5.32 Å². The second-order valence-electron chi connectivity index (χ2n) is 4.17. The lowest BCUT2D eigenvalue weighted by molar-refractivity contribution is -0.116. The van der Waals surface area contributed by atoms with Crippen molar-refractivity contribution in [1.82, 2.24) is 0 Å². The molecule has 17 heavy (non-hydrogen) atoms. The third-order valence-electron chi connectivity index (χ3n) is 2.75. The van der Waals surface area contributed by atoms with Gasteiger partial charge in [0.05, 0.1) is 17.5 Å². The van der Waals surface area contributed by atoms with Gasteiger partial charge in [-0.05, 0) is 31.9 Å². The first kappa shape index (κ1) is 13.5. The number of amides is 1. The summed E-state index contributed by atoms with van der Waals surface area (Å²) in [6, 6.07) is 5.57. The topological polar surface area (TPSA) is 64.3 Å². The summed E-state index contributed by atoms with van der Waals surface area (Å²) in [7, 11) is 1.64. The first-order valence-corrected chi connectivity index (χ1v) is 5.72. The van der Waals surface area contributed by atoms with Gasteiger partial charge in [0.15, 0.2) is 0 Å². The van der Waals surface area contributed by atoms with Gasteiger partial charge >= 0.3 is 0 Å². The molecule has 0 fully saturated rings. The molecule has 0 heterocycles. The summed E-state index contributed by atoms with van der Waals surface area (Å²) in [5, 5.41) is 2.84. The van der Waals surface area contributed by atoms with Crippen LogP contribution in [-0.2, 0) is 9.53 Å². The van der Waals surface area contributed by atoms with Crippen molar-refractivity contribution < 1.29 is 9.53 Å². The number of carbonyl (C=O) groups excluding carboxylic acids is 1. The molecule has 1 amide bonds. The van der Waals surface area contributed by atoms with Crippen LogP contribution in [0.5, 0.6) is 0 Å². The van der Waals surface area contributed by atoms with Crippen molar-refractivity contribution in [2.24, 2.45) is 0 Å². The molecule has 0 aliphatic carbocycles. The Morgan fingerprint density at radius 2 is 2.24 bits per heavy atom. The van der Waals surface area contributed by atoms with E-state index in [0.717, 1.165) is 5.56 Å². The number of aryl methyl sites for hydroxylation is 1. The van der Waals surface area contributed by atoms with Gasteiger partial charge in [0.1, 0.15) is 0 Å². The number of hydrogen-bond acceptors (Lipinski definition) is 3. The predicted octanol–water partition coefficient (Wildman–Crippen LogP) is 2.33. The van der Waals surface area contributed by atoms with E-state index >= 15 is 0 Å². The number of carbonyl (C=O) groups is 1. The Morgan fingerprint density at radius 1 is 1.53 bits per heavy atom. The number of nitrogens with two attached hydrogens (primary N) is 1. The molecule has 3 N–H and O–H groups in total. The van der Waals surface area contributed by atoms with Gasteiger partial charge in [-0.15, -0.1) is 0 Å². The Bertz CT molecular complexity index is 371. The average Bonchev–Trinajstić information content (AvgIpc) is 2.31. The molecule has 1 unspecified atom stereocenters. The standard InChI is InChI=1S/C13H20N2O2/c1-9-5-4-6-11(14)13(9)15-12(16)8-7-10(2)17-3/h4-6,10H,7-8,14H2,1-3H3,(H,15,16). The number of anilines is 2. The minimum Gasteiger partial charge on any atom is -0.397 e. The molecule has 0 saturated heterocycles. The first-order valence-electron chi connectivity index (χ1n) is 5.72. The Balaban J connectivity index is 2.56. The van der Waals surface area contributed by atoms with E-state index in [1.54, 1.807) is 13.2 Å². The van der Waals surface area contributed by atoms with Crippen LogP contribution in [0.4, 0.5) is 11.4 Å². The number of ether oxygens (including phenoxy) is 1. The van der Waals surface area contributed by atoms with Gasteiger partial charge in [0.25, 0.3) is 0 Å². The van der Waals surface area contributed by atoms with Gasteiger partial charge in [0, 0.05) is 13.5 Å². The van der Waals surface area contributed by atoms with Gasteiger partial charge in [-0.25, -0.2) is 0 Å². The van der Waals surface area contributed by atoms with E-state index in [9.17, 15) is 4.79 Å². The zero-order valence-electron chi connectivity index (χ0n) is 10.6. The Hall–Kier alpha value is -1.55. The zero-order valence-corrected chi connectivity index (χ0v) is 10.6. The van der Waals surface area contributed by atoms with Crippen LogP contribution in [0.2, 0.25) is 0 Å². The third-order valence-corrected chi connectivity index (χ3v) is 2.75. The van der Waals surface area contributed by atoms with Gasteiger partial charge in [-0.1, -0.05) is 12.1 Å². The highest BCUT2D eigenvalue weighted by Crippen LogP contribution is 2.22. The van der Waals surface area contributed by atoms with Crippen molar-refractivity contribution in [3.63, 3.8) is 0 Å². The fourth-order valence-corrected chi connectivity index (χ4v) is 1.52. The first-order chi connectivity index (χ1) is 8.04. The number of rotatable bonds is 5. The molecular weight excluding hydrogens is 216 g/mol. The summed E-state index contributed by atoms with van der Waals surface area (Å²) in [6.45, 7) is 3.86. The molecule has 4 nitrogen and oxygen atoms in total. The molecule has 0 bridgehead atoms. The second kappa shape index (κ2) is 6.25. The fraction of sp³-hybridized carbons (Fsp3) is 0.462. The summed E-state index contributed by atoms with van der Waals surface area (Å²) < 4.78 is 5.09. The number of methoxy groups -OCH3 is 1. The van der Waals surface area contributed by atoms with Crippen LogP contribution in [0.1, 0.15) is 25.3 Å². The SMILES string of the molecule is COC(C)CCC(=O)Nc1c(C)cccc1N. The highest BCUT2D eigenvalue weighted by Gasteiger charge is 2.09. The molecule has 0 radical (unpaired) electrons. The molecule has 0 aliphatic heterocycles. The summed E-state index contributed by atoms with van der Waals surface area (Å²) in [5.74, 6) is -0.0325. The Morgan fingerprint density at radius 3 is 2.82 bits per heavy atom. The molecule has 0 aromatic heterocycles. The molecule has 1 rings (SSSR count). The molecule has 4 heteroatoms. The van der Waals surface area contributed by atoms with E-state index in [4.69, 9.17) is 10.5 Å². The number of para-hydroxylation sites is 1. The largest absolute Gasteiger partial charge is 0.397 e.